The van der Waals surface area contributed by atoms with Gasteiger partial charge in [0.05, 0.1) is 19.8 Å². The Morgan fingerprint density at radius 2 is 0.689 bits per heavy atom. The molecule has 0 unspecified atom stereocenters. The van der Waals surface area contributed by atoms with Crippen LogP contribution in [0.25, 0.3) is 0 Å². The van der Waals surface area contributed by atoms with Crippen LogP contribution in [0.4, 0.5) is 0 Å². The predicted octanol–water partition coefficient (Wildman–Crippen LogP) is 11.8. The summed E-state index contributed by atoms with van der Waals surface area (Å²) < 4.78 is -2.76. The molecule has 74 heavy (non-hydrogen) atoms. The zero-order chi connectivity index (χ0) is 55.1. The van der Waals surface area contributed by atoms with E-state index < -0.39 is 82.4 Å². The van der Waals surface area contributed by atoms with E-state index in [2.05, 4.69) is 26.1 Å². The molecule has 0 rings (SSSR count). The number of aliphatic hydroxyl groups excluding tert-OH is 2. The second-order valence-corrected chi connectivity index (χ2v) is 22.5. The zero-order valence-corrected chi connectivity index (χ0v) is 48.1. The van der Waals surface area contributed by atoms with Crippen LogP contribution in [-0.2, 0) is 33.6 Å². The molecule has 0 bridgehead atoms. The number of aliphatic carboxylic acids is 1. The van der Waals surface area contributed by atoms with Gasteiger partial charge in [-0.1, -0.05) is 264 Å². The van der Waals surface area contributed by atoms with Gasteiger partial charge in [-0.2, -0.15) is 0 Å². The van der Waals surface area contributed by atoms with Crippen LogP contribution < -0.4 is 22.1 Å². The smallest absolute Gasteiger partial charge is 0.328 e. The van der Waals surface area contributed by atoms with E-state index in [1.807, 2.05) is 5.32 Å². The molecule has 0 saturated carbocycles. The highest BCUT2D eigenvalue weighted by Gasteiger charge is 2.67. The highest BCUT2D eigenvalue weighted by Crippen LogP contribution is 2.42. The van der Waals surface area contributed by atoms with Crippen molar-refractivity contribution in [2.75, 3.05) is 19.8 Å². The average molecular weight is 1070 g/mol. The third-order valence-electron chi connectivity index (χ3n) is 14.7. The number of ketones is 3. The standard InChI is InChI=1S/C59H110N4O10S/c1-4-7-10-13-16-19-22-25-28-31-34-37-40-43-51(66)58(61,57(73)63-49(47-64)55(70)62-50(48-65)56(71)72)59(74-54(69)46-60,52(67)44-41-38-35-32-29-26-23-20-17-14-11-8-5-2)53(68)45-42-39-36-33-30-27-24-21-18-15-12-9-6-3/h49-50,64-65H,4-48,60-61H2,1-3H3,(H,62,70)(H,63,73)(H,71,72)/t49-,50-,58+/m0/s1. The van der Waals surface area contributed by atoms with Gasteiger partial charge in [-0.15, -0.1) is 0 Å². The average Bonchev–Trinajstić information content (AvgIpc) is 3.39. The quantitative estimate of drug-likeness (QED) is 0.0221. The molecule has 432 valence electrons. The maximum Gasteiger partial charge on any atom is 0.328 e. The maximum absolute atomic E-state index is 15.1. The number of carbonyl (C=O) groups is 7. The van der Waals surface area contributed by atoms with Gasteiger partial charge in [0, 0.05) is 19.3 Å². The highest BCUT2D eigenvalue weighted by atomic mass is 32.2. The monoisotopic (exact) mass is 1070 g/mol. The Morgan fingerprint density at radius 1 is 0.419 bits per heavy atom. The van der Waals surface area contributed by atoms with Gasteiger partial charge in [0.2, 0.25) is 11.0 Å². The fraction of sp³-hybridized carbons (Fsp3) is 0.881. The number of nitrogens with one attached hydrogen (secondary N) is 2. The van der Waals surface area contributed by atoms with Gasteiger partial charge in [-0.05, 0) is 19.3 Å². The molecule has 0 heterocycles. The molecule has 2 amide bonds. The summed E-state index contributed by atoms with van der Waals surface area (Å²) in [6.45, 7) is 3.90. The fourth-order valence-corrected chi connectivity index (χ4v) is 11.1. The van der Waals surface area contributed by atoms with E-state index in [1.54, 1.807) is 0 Å². The Kier molecular flexibility index (Phi) is 45.7. The number of amides is 2. The van der Waals surface area contributed by atoms with Crippen molar-refractivity contribution in [3.63, 3.8) is 0 Å². The predicted molar refractivity (Wildman–Crippen MR) is 303 cm³/mol. The number of hydrogen-bond donors (Lipinski definition) is 7. The van der Waals surface area contributed by atoms with Crippen molar-refractivity contribution in [1.82, 2.24) is 10.6 Å². The first-order chi connectivity index (χ1) is 35.8. The number of Topliss-reactive ketones (excluding diaryl/α,β-unsaturated/α-hetero) is 3. The minimum absolute atomic E-state index is 0.223. The number of rotatable bonds is 55. The van der Waals surface area contributed by atoms with E-state index in [1.165, 1.54) is 135 Å². The molecule has 0 aromatic carbocycles. The van der Waals surface area contributed by atoms with Crippen molar-refractivity contribution in [1.29, 1.82) is 0 Å². The fourth-order valence-electron chi connectivity index (χ4n) is 9.87. The molecular formula is C59H110N4O10S. The summed E-state index contributed by atoms with van der Waals surface area (Å²) in [6, 6.07) is -3.71. The van der Waals surface area contributed by atoms with Gasteiger partial charge in [-0.25, -0.2) is 4.79 Å². The Hall–Kier alpha value is -2.72. The first kappa shape index (κ1) is 71.3. The van der Waals surface area contributed by atoms with E-state index in [0.29, 0.717) is 32.1 Å². The minimum Gasteiger partial charge on any atom is -0.480 e. The van der Waals surface area contributed by atoms with Crippen molar-refractivity contribution in [2.45, 2.75) is 313 Å². The van der Waals surface area contributed by atoms with Gasteiger partial charge < -0.3 is 37.4 Å². The van der Waals surface area contributed by atoms with Crippen LogP contribution in [0, 0.1) is 0 Å². The largest absolute Gasteiger partial charge is 0.480 e. The molecule has 3 atom stereocenters. The second-order valence-electron chi connectivity index (χ2n) is 21.2. The third-order valence-corrected chi connectivity index (χ3v) is 16.2. The van der Waals surface area contributed by atoms with E-state index in [4.69, 9.17) is 11.5 Å². The summed E-state index contributed by atoms with van der Waals surface area (Å²) >= 11 is 0.223. The van der Waals surface area contributed by atoms with Gasteiger partial charge in [0.1, 0.15) is 12.1 Å². The molecule has 0 fully saturated rings. The summed E-state index contributed by atoms with van der Waals surface area (Å²) in [5.74, 6) is -6.90. The van der Waals surface area contributed by atoms with Crippen molar-refractivity contribution in [3.05, 3.63) is 0 Å². The Balaban J connectivity index is 6.65. The molecule has 0 aliphatic rings. The SMILES string of the molecule is CCCCCCCCCCCCCCCC(=O)C(SC(=O)CN)(C(=O)CCCCCCCCCCCCCCC)[C@@](N)(C(=O)CCCCCCCCCCCCCCC)C(=O)N[C@@H](CO)C(=O)N[C@@H](CO)C(=O)O. The molecule has 0 saturated heterocycles. The highest BCUT2D eigenvalue weighted by molar-refractivity contribution is 8.16. The maximum atomic E-state index is 15.1. The summed E-state index contributed by atoms with van der Waals surface area (Å²) in [4.78, 5) is 98.8. The molecule has 14 nitrogen and oxygen atoms in total. The molecule has 0 aromatic heterocycles. The second kappa shape index (κ2) is 47.5. The lowest BCUT2D eigenvalue weighted by Crippen LogP contribution is -2.77. The van der Waals surface area contributed by atoms with Crippen LogP contribution >= 0.6 is 11.8 Å². The van der Waals surface area contributed by atoms with Crippen LogP contribution in [-0.4, -0.2) is 97.7 Å². The van der Waals surface area contributed by atoms with Gasteiger partial charge >= 0.3 is 5.97 Å². The van der Waals surface area contributed by atoms with E-state index >= 15 is 9.59 Å². The normalized spacial score (nSPS) is 13.3. The summed E-state index contributed by atoms with van der Waals surface area (Å²) in [5.41, 5.74) is 9.94. The third kappa shape index (κ3) is 30.9. The Labute approximate surface area is 453 Å². The number of nitrogens with two attached hydrogens (primary N) is 2. The van der Waals surface area contributed by atoms with Crippen molar-refractivity contribution in [2.24, 2.45) is 11.5 Å². The number of carbonyl (C=O) groups excluding carboxylic acids is 6. The first-order valence-corrected chi connectivity index (χ1v) is 31.0. The molecule has 0 spiro atoms. The number of thioether (sulfide) groups is 1. The van der Waals surface area contributed by atoms with Gasteiger partial charge in [0.15, 0.2) is 27.6 Å². The summed E-state index contributed by atoms with van der Waals surface area (Å²) in [7, 11) is 0. The lowest BCUT2D eigenvalue weighted by molar-refractivity contribution is -0.148. The number of carboxylic acid groups (broad SMARTS) is 1. The van der Waals surface area contributed by atoms with Crippen molar-refractivity contribution >= 4 is 52.0 Å². The van der Waals surface area contributed by atoms with Crippen LogP contribution in [0.2, 0.25) is 0 Å². The van der Waals surface area contributed by atoms with E-state index in [0.717, 1.165) is 77.0 Å². The molecule has 0 radical (unpaired) electrons. The Bertz CT molecular complexity index is 1460. The van der Waals surface area contributed by atoms with Crippen LogP contribution in [0.15, 0.2) is 0 Å². The number of aliphatic hydroxyl groups is 2. The molecular weight excluding hydrogens is 957 g/mol. The van der Waals surface area contributed by atoms with Crippen molar-refractivity contribution in [3.8, 4) is 0 Å². The molecule has 0 aliphatic heterocycles. The Morgan fingerprint density at radius 3 is 0.946 bits per heavy atom. The lowest BCUT2D eigenvalue weighted by Gasteiger charge is -2.43. The molecule has 15 heteroatoms. The van der Waals surface area contributed by atoms with Gasteiger partial charge in [-0.3, -0.25) is 28.8 Å². The molecule has 0 aromatic rings. The summed E-state index contributed by atoms with van der Waals surface area (Å²) in [5, 5.41) is 32.9. The molecule has 9 N–H and O–H groups in total. The van der Waals surface area contributed by atoms with Crippen LogP contribution in [0.3, 0.4) is 0 Å². The van der Waals surface area contributed by atoms with Gasteiger partial charge in [0.25, 0.3) is 5.91 Å². The number of carboxylic acids is 1. The number of hydrogen-bond acceptors (Lipinski definition) is 12. The topological polar surface area (TPSA) is 256 Å². The summed E-state index contributed by atoms with van der Waals surface area (Å²) in [6.07, 6.45) is 39.8. The lowest BCUT2D eigenvalue weighted by atomic mass is 9.71. The van der Waals surface area contributed by atoms with Crippen LogP contribution in [0.1, 0.15) is 290 Å². The molecule has 0 aliphatic carbocycles. The van der Waals surface area contributed by atoms with E-state index in [-0.39, 0.29) is 37.4 Å². The van der Waals surface area contributed by atoms with Crippen molar-refractivity contribution < 1.29 is 48.9 Å². The number of unbranched alkanes of at least 4 members (excludes halogenated alkanes) is 36. The minimum atomic E-state index is -3.04. The van der Waals surface area contributed by atoms with E-state index in [9.17, 15) is 39.3 Å². The first-order valence-electron chi connectivity index (χ1n) is 30.1. The van der Waals surface area contributed by atoms with Crippen LogP contribution in [0.5, 0.6) is 0 Å². The zero-order valence-electron chi connectivity index (χ0n) is 47.2.